The van der Waals surface area contributed by atoms with Crippen molar-refractivity contribution in [2.24, 2.45) is 0 Å². The molecule has 0 aromatic carbocycles. The van der Waals surface area contributed by atoms with Crippen LogP contribution < -0.4 is 0 Å². The monoisotopic (exact) mass is 309 g/mol. The number of hydrogen-bond donors (Lipinski definition) is 2. The molecule has 19 heavy (non-hydrogen) atoms. The average Bonchev–Trinajstić information content (AvgIpc) is 2.22. The number of halogens is 1. The fourth-order valence-electron chi connectivity index (χ4n) is 0.440. The molecule has 104 valence electrons. The molecule has 0 saturated carbocycles. The van der Waals surface area contributed by atoms with Crippen LogP contribution in [0.2, 0.25) is 0 Å². The number of nitrogens with one attached hydrogen (secondary N) is 1. The lowest BCUT2D eigenvalue weighted by atomic mass is 10.2. The molecule has 0 fully saturated rings. The van der Waals surface area contributed by atoms with Gasteiger partial charge in [0.15, 0.2) is 11.6 Å². The quantitative estimate of drug-likeness (QED) is 0.171. The molecule has 11 nitrogen and oxygen atoms in total. The topological polar surface area (TPSA) is 207 Å². The lowest BCUT2D eigenvalue weighted by Gasteiger charge is -1.87. The van der Waals surface area contributed by atoms with E-state index >= 15 is 0 Å². The van der Waals surface area contributed by atoms with Gasteiger partial charge in [-0.2, -0.15) is 8.42 Å². The number of carbonyl (C=O) groups excluding carboxylic acids is 2. The molecule has 0 unspecified atom stereocenters. The SMILES string of the molecule is O=C1C=CC(=O)C=C1.O=S(=O)(O)Cl.[N-]=[N+]=N.[N-]=[N+]=[N-]. The van der Waals surface area contributed by atoms with E-state index in [0.717, 1.165) is 0 Å². The first-order valence-corrected chi connectivity index (χ1v) is 5.99. The van der Waals surface area contributed by atoms with Gasteiger partial charge in [-0.25, -0.2) is 0 Å². The largest absolute Gasteiger partial charge is 0.373 e. The van der Waals surface area contributed by atoms with Gasteiger partial charge in [0, 0.05) is 10.7 Å². The van der Waals surface area contributed by atoms with Crippen molar-refractivity contribution < 1.29 is 22.6 Å². The van der Waals surface area contributed by atoms with Gasteiger partial charge in [0.2, 0.25) is 0 Å². The summed E-state index contributed by atoms with van der Waals surface area (Å²) in [7, 11) is -0.137. The van der Waals surface area contributed by atoms with Gasteiger partial charge in [-0.3, -0.25) is 19.1 Å². The second kappa shape index (κ2) is 13.7. The molecule has 0 heterocycles. The summed E-state index contributed by atoms with van der Waals surface area (Å²) in [5.74, 6) is -0.241. The van der Waals surface area contributed by atoms with Gasteiger partial charge in [-0.1, -0.05) is 0 Å². The second-order valence-electron chi connectivity index (χ2n) is 2.07. The average molecular weight is 310 g/mol. The standard InChI is InChI=1S/C6H4O2.ClHO3S.HN3.N3/c7-5-1-2-6(8)4-3-5;1-5(2,3)4;2*1-3-2/h1-4H;(H,2,3,4);1H;/q;;;-1. The molecular formula is C6H6ClN6O5S-. The number of carbonyl (C=O) groups is 2. The van der Waals surface area contributed by atoms with Crippen LogP contribution in [0.4, 0.5) is 0 Å². The number of hydrogen-bond acceptors (Lipinski definition) is 5. The summed E-state index contributed by atoms with van der Waals surface area (Å²) in [6, 6.07) is 0. The Morgan fingerprint density at radius 3 is 1.26 bits per heavy atom. The summed E-state index contributed by atoms with van der Waals surface area (Å²) in [6.45, 7) is 0. The Morgan fingerprint density at radius 1 is 1.05 bits per heavy atom. The van der Waals surface area contributed by atoms with E-state index in [-0.39, 0.29) is 11.6 Å². The molecular weight excluding hydrogens is 304 g/mol. The summed E-state index contributed by atoms with van der Waals surface area (Å²) >= 11 is 0. The second-order valence-corrected chi connectivity index (χ2v) is 4.07. The molecule has 2 N–H and O–H groups in total. The number of nitrogens with zero attached hydrogens (tertiary/aromatic N) is 5. The highest BCUT2D eigenvalue weighted by atomic mass is 35.7. The molecule has 0 atom stereocenters. The zero-order valence-electron chi connectivity index (χ0n) is 8.91. The maximum atomic E-state index is 10.3. The smallest absolute Gasteiger partial charge is 0.353 e. The number of allylic oxidation sites excluding steroid dienone is 4. The summed E-state index contributed by atoms with van der Waals surface area (Å²) in [5.41, 5.74) is 25.8. The van der Waals surface area contributed by atoms with Crippen molar-refractivity contribution in [2.75, 3.05) is 0 Å². The third-order valence-corrected chi connectivity index (χ3v) is 0.824. The predicted molar refractivity (Wildman–Crippen MR) is 65.2 cm³/mol. The summed E-state index contributed by atoms with van der Waals surface area (Å²) < 4.78 is 25.2. The van der Waals surface area contributed by atoms with Crippen LogP contribution >= 0.6 is 10.7 Å². The van der Waals surface area contributed by atoms with E-state index in [2.05, 4.69) is 10.7 Å². The third-order valence-electron chi connectivity index (χ3n) is 0.824. The lowest BCUT2D eigenvalue weighted by molar-refractivity contribution is -0.113. The van der Waals surface area contributed by atoms with Crippen LogP contribution in [0.15, 0.2) is 24.3 Å². The number of ketones is 2. The Balaban J connectivity index is -0.000000202. The fourth-order valence-corrected chi connectivity index (χ4v) is 0.440. The molecule has 0 saturated heterocycles. The Labute approximate surface area is 111 Å². The Hall–Kier alpha value is -2.36. The van der Waals surface area contributed by atoms with Crippen LogP contribution in [0.3, 0.4) is 0 Å². The van der Waals surface area contributed by atoms with E-state index in [4.69, 9.17) is 35.1 Å². The van der Waals surface area contributed by atoms with Crippen molar-refractivity contribution >= 4 is 31.6 Å². The molecule has 0 bridgehead atoms. The fraction of sp³-hybridized carbons (Fsp3) is 0. The highest BCUT2D eigenvalue weighted by Crippen LogP contribution is 1.90. The minimum Gasteiger partial charge on any atom is -0.373 e. The van der Waals surface area contributed by atoms with E-state index in [0.29, 0.717) is 0 Å². The van der Waals surface area contributed by atoms with Crippen LogP contribution in [0, 0.1) is 5.53 Å². The van der Waals surface area contributed by atoms with Crippen molar-refractivity contribution in [1.29, 1.82) is 5.53 Å². The molecule has 13 heteroatoms. The molecule has 0 spiro atoms. The molecule has 1 aliphatic carbocycles. The van der Waals surface area contributed by atoms with E-state index in [1.54, 1.807) is 4.91 Å². The van der Waals surface area contributed by atoms with Crippen molar-refractivity contribution in [2.45, 2.75) is 0 Å². The van der Waals surface area contributed by atoms with Gasteiger partial charge in [0.05, 0.1) is 0 Å². The Bertz CT molecular complexity index is 468. The zero-order valence-corrected chi connectivity index (χ0v) is 10.5. The maximum absolute atomic E-state index is 10.3. The van der Waals surface area contributed by atoms with Crippen LogP contribution in [0.25, 0.3) is 26.4 Å². The molecule has 0 radical (unpaired) electrons. The molecule has 0 amide bonds. The lowest BCUT2D eigenvalue weighted by Crippen LogP contribution is -1.97. The first-order chi connectivity index (χ1) is 8.62. The van der Waals surface area contributed by atoms with E-state index in [1.807, 2.05) is 0 Å². The molecule has 0 aromatic heterocycles. The van der Waals surface area contributed by atoms with E-state index in [9.17, 15) is 9.59 Å². The van der Waals surface area contributed by atoms with Crippen molar-refractivity contribution in [1.82, 2.24) is 0 Å². The Morgan fingerprint density at radius 2 is 1.16 bits per heavy atom. The normalized spacial score (nSPS) is 11.3. The minimum absolute atomic E-state index is 0.121. The molecule has 1 rings (SSSR count). The van der Waals surface area contributed by atoms with Gasteiger partial charge >= 0.3 is 9.33 Å². The van der Waals surface area contributed by atoms with Crippen LogP contribution in [0.5, 0.6) is 0 Å². The minimum atomic E-state index is -4.19. The Kier molecular flexibility index (Phi) is 15.8. The van der Waals surface area contributed by atoms with E-state index in [1.165, 1.54) is 29.2 Å². The third kappa shape index (κ3) is 49.9. The van der Waals surface area contributed by atoms with Crippen LogP contribution in [0.1, 0.15) is 0 Å². The van der Waals surface area contributed by atoms with Crippen molar-refractivity contribution in [3.63, 3.8) is 0 Å². The first-order valence-electron chi connectivity index (χ1n) is 3.72. The van der Waals surface area contributed by atoms with Gasteiger partial charge in [0.25, 0.3) is 0 Å². The molecule has 1 aliphatic rings. The highest BCUT2D eigenvalue weighted by Gasteiger charge is 1.97. The zero-order chi connectivity index (χ0) is 15.9. The molecule has 0 aromatic rings. The summed E-state index contributed by atoms with van der Waals surface area (Å²) in [4.78, 5) is 23.8. The van der Waals surface area contributed by atoms with Gasteiger partial charge in [-0.15, -0.1) is 5.53 Å². The van der Waals surface area contributed by atoms with Gasteiger partial charge in [-0.05, 0) is 34.7 Å². The van der Waals surface area contributed by atoms with Gasteiger partial charge < -0.3 is 11.1 Å². The maximum Gasteiger partial charge on any atom is 0.353 e. The summed E-state index contributed by atoms with van der Waals surface area (Å²) in [5, 5.41) is 0. The van der Waals surface area contributed by atoms with Crippen LogP contribution in [-0.4, -0.2) is 24.5 Å². The van der Waals surface area contributed by atoms with Crippen molar-refractivity contribution in [3.05, 3.63) is 50.7 Å². The first kappa shape index (κ1) is 21.9. The van der Waals surface area contributed by atoms with E-state index < -0.39 is 9.33 Å². The number of rotatable bonds is 0. The van der Waals surface area contributed by atoms with Gasteiger partial charge in [0.1, 0.15) is 0 Å². The molecule has 0 aliphatic heterocycles. The predicted octanol–water partition coefficient (Wildman–Crippen LogP) is 2.02. The highest BCUT2D eigenvalue weighted by molar-refractivity contribution is 8.09. The van der Waals surface area contributed by atoms with Crippen molar-refractivity contribution in [3.8, 4) is 0 Å². The van der Waals surface area contributed by atoms with Crippen LogP contribution in [-0.2, 0) is 18.9 Å². The summed E-state index contributed by atoms with van der Waals surface area (Å²) in [6.07, 6.45) is 5.01.